The number of phenolic OH excluding ortho intramolecular Hbond substituents is 1. The number of amides is 1. The third-order valence-electron chi connectivity index (χ3n) is 3.89. The van der Waals surface area contributed by atoms with E-state index in [4.69, 9.17) is 0 Å². The molecule has 0 spiro atoms. The summed E-state index contributed by atoms with van der Waals surface area (Å²) in [4.78, 5) is 16.3. The van der Waals surface area contributed by atoms with Gasteiger partial charge in [0.15, 0.2) is 0 Å². The zero-order chi connectivity index (χ0) is 15.2. The summed E-state index contributed by atoms with van der Waals surface area (Å²) in [6.07, 6.45) is 1.85. The molecule has 1 N–H and O–H groups in total. The number of para-hydroxylation sites is 1. The van der Waals surface area contributed by atoms with Crippen LogP contribution < -0.4 is 0 Å². The number of phenols is 1. The van der Waals surface area contributed by atoms with Crippen molar-refractivity contribution in [3.05, 3.63) is 29.8 Å². The van der Waals surface area contributed by atoms with Crippen LogP contribution in [0.15, 0.2) is 24.3 Å². The SMILES string of the molecule is CCCC(C#N)N1CCN(C(=O)c2ccccc2O)CC1. The summed E-state index contributed by atoms with van der Waals surface area (Å²) in [5.74, 6) is -0.123. The Morgan fingerprint density at radius 3 is 2.57 bits per heavy atom. The maximum absolute atomic E-state index is 12.4. The zero-order valence-electron chi connectivity index (χ0n) is 12.3. The van der Waals surface area contributed by atoms with Gasteiger partial charge in [0, 0.05) is 26.2 Å². The molecule has 0 aromatic heterocycles. The lowest BCUT2D eigenvalue weighted by molar-refractivity contribution is 0.0598. The first-order valence-corrected chi connectivity index (χ1v) is 7.38. The maximum atomic E-state index is 12.4. The van der Waals surface area contributed by atoms with Gasteiger partial charge in [0.1, 0.15) is 5.75 Å². The highest BCUT2D eigenvalue weighted by molar-refractivity contribution is 5.96. The maximum Gasteiger partial charge on any atom is 0.257 e. The summed E-state index contributed by atoms with van der Waals surface area (Å²) in [6, 6.07) is 8.89. The third kappa shape index (κ3) is 3.53. The minimum absolute atomic E-state index is 0.0193. The number of aromatic hydroxyl groups is 1. The van der Waals surface area contributed by atoms with Gasteiger partial charge in [0.05, 0.1) is 17.7 Å². The molecule has 1 aliphatic rings. The molecule has 1 saturated heterocycles. The number of nitrogens with zero attached hydrogens (tertiary/aromatic N) is 3. The molecule has 1 aromatic carbocycles. The number of piperazine rings is 1. The summed E-state index contributed by atoms with van der Waals surface area (Å²) in [6.45, 7) is 4.67. The predicted molar refractivity (Wildman–Crippen MR) is 79.9 cm³/mol. The van der Waals surface area contributed by atoms with Crippen LogP contribution in [0.1, 0.15) is 30.1 Å². The molecule has 1 aliphatic heterocycles. The lowest BCUT2D eigenvalue weighted by Gasteiger charge is -2.37. The minimum atomic E-state index is -0.142. The lowest BCUT2D eigenvalue weighted by atomic mass is 10.1. The van der Waals surface area contributed by atoms with Gasteiger partial charge in [0.2, 0.25) is 0 Å². The fourth-order valence-corrected chi connectivity index (χ4v) is 2.66. The van der Waals surface area contributed by atoms with Gasteiger partial charge in [-0.15, -0.1) is 0 Å². The first kappa shape index (κ1) is 15.3. The molecule has 0 radical (unpaired) electrons. The van der Waals surface area contributed by atoms with Crippen molar-refractivity contribution in [3.8, 4) is 11.8 Å². The minimum Gasteiger partial charge on any atom is -0.507 e. The van der Waals surface area contributed by atoms with Crippen LogP contribution in [-0.2, 0) is 0 Å². The number of carbonyl (C=O) groups excluding carboxylic acids is 1. The number of carbonyl (C=O) groups is 1. The van der Waals surface area contributed by atoms with Crippen molar-refractivity contribution in [1.29, 1.82) is 5.26 Å². The smallest absolute Gasteiger partial charge is 0.257 e. The van der Waals surface area contributed by atoms with Crippen LogP contribution in [-0.4, -0.2) is 53.0 Å². The summed E-state index contributed by atoms with van der Waals surface area (Å²) < 4.78 is 0. The first-order valence-electron chi connectivity index (χ1n) is 7.38. The number of benzene rings is 1. The summed E-state index contributed by atoms with van der Waals surface area (Å²) in [7, 11) is 0. The normalized spacial score (nSPS) is 17.2. The van der Waals surface area contributed by atoms with Crippen molar-refractivity contribution in [2.24, 2.45) is 0 Å². The van der Waals surface area contributed by atoms with Crippen LogP contribution in [0.5, 0.6) is 5.75 Å². The largest absolute Gasteiger partial charge is 0.507 e. The molecule has 112 valence electrons. The molecule has 5 nitrogen and oxygen atoms in total. The Hall–Kier alpha value is -2.06. The lowest BCUT2D eigenvalue weighted by Crippen LogP contribution is -2.51. The van der Waals surface area contributed by atoms with Crippen molar-refractivity contribution < 1.29 is 9.90 Å². The quantitative estimate of drug-likeness (QED) is 0.917. The molecular formula is C16H21N3O2. The highest BCUT2D eigenvalue weighted by Crippen LogP contribution is 2.19. The first-order chi connectivity index (χ1) is 10.2. The van der Waals surface area contributed by atoms with E-state index in [0.29, 0.717) is 31.7 Å². The molecule has 1 amide bonds. The fraction of sp³-hybridized carbons (Fsp3) is 0.500. The van der Waals surface area contributed by atoms with Gasteiger partial charge in [0.25, 0.3) is 5.91 Å². The van der Waals surface area contributed by atoms with E-state index in [-0.39, 0.29) is 17.7 Å². The molecule has 1 heterocycles. The molecular weight excluding hydrogens is 266 g/mol. The molecule has 21 heavy (non-hydrogen) atoms. The molecule has 0 aliphatic carbocycles. The zero-order valence-corrected chi connectivity index (χ0v) is 12.3. The molecule has 5 heteroatoms. The second-order valence-corrected chi connectivity index (χ2v) is 5.28. The molecule has 2 rings (SSSR count). The van der Waals surface area contributed by atoms with E-state index in [0.717, 1.165) is 12.8 Å². The van der Waals surface area contributed by atoms with Gasteiger partial charge in [-0.3, -0.25) is 9.69 Å². The second kappa shape index (κ2) is 7.09. The topological polar surface area (TPSA) is 67.6 Å². The van der Waals surface area contributed by atoms with Gasteiger partial charge in [-0.25, -0.2) is 0 Å². The van der Waals surface area contributed by atoms with Gasteiger partial charge < -0.3 is 10.0 Å². The van der Waals surface area contributed by atoms with E-state index in [1.807, 2.05) is 0 Å². The van der Waals surface area contributed by atoms with Gasteiger partial charge in [-0.2, -0.15) is 5.26 Å². The summed E-state index contributed by atoms with van der Waals surface area (Å²) >= 11 is 0. The number of hydrogen-bond donors (Lipinski definition) is 1. The van der Waals surface area contributed by atoms with Crippen LogP contribution in [0.2, 0.25) is 0 Å². The Morgan fingerprint density at radius 1 is 1.33 bits per heavy atom. The van der Waals surface area contributed by atoms with E-state index in [2.05, 4.69) is 17.9 Å². The average Bonchev–Trinajstić information content (AvgIpc) is 2.52. The fourth-order valence-electron chi connectivity index (χ4n) is 2.66. The van der Waals surface area contributed by atoms with Crippen LogP contribution >= 0.6 is 0 Å². The Labute approximate surface area is 125 Å². The Kier molecular flexibility index (Phi) is 5.18. The van der Waals surface area contributed by atoms with E-state index in [1.54, 1.807) is 23.1 Å². The van der Waals surface area contributed by atoms with Crippen LogP contribution in [0.4, 0.5) is 0 Å². The summed E-state index contributed by atoms with van der Waals surface area (Å²) in [5.41, 5.74) is 0.344. The van der Waals surface area contributed by atoms with E-state index >= 15 is 0 Å². The van der Waals surface area contributed by atoms with Gasteiger partial charge >= 0.3 is 0 Å². The number of hydrogen-bond acceptors (Lipinski definition) is 4. The van der Waals surface area contributed by atoms with Crippen molar-refractivity contribution in [2.75, 3.05) is 26.2 Å². The molecule has 0 saturated carbocycles. The van der Waals surface area contributed by atoms with E-state index < -0.39 is 0 Å². The van der Waals surface area contributed by atoms with Crippen molar-refractivity contribution in [3.63, 3.8) is 0 Å². The van der Waals surface area contributed by atoms with Crippen molar-refractivity contribution >= 4 is 5.91 Å². The molecule has 0 bridgehead atoms. The molecule has 1 aromatic rings. The van der Waals surface area contributed by atoms with Crippen LogP contribution in [0.3, 0.4) is 0 Å². The van der Waals surface area contributed by atoms with Gasteiger partial charge in [-0.05, 0) is 18.6 Å². The van der Waals surface area contributed by atoms with Crippen LogP contribution in [0, 0.1) is 11.3 Å². The van der Waals surface area contributed by atoms with Crippen molar-refractivity contribution in [2.45, 2.75) is 25.8 Å². The monoisotopic (exact) mass is 287 g/mol. The van der Waals surface area contributed by atoms with E-state index in [9.17, 15) is 15.2 Å². The predicted octanol–water partition coefficient (Wildman–Crippen LogP) is 1.84. The number of rotatable bonds is 4. The Bertz CT molecular complexity index is 531. The van der Waals surface area contributed by atoms with Crippen molar-refractivity contribution in [1.82, 2.24) is 9.80 Å². The third-order valence-corrected chi connectivity index (χ3v) is 3.89. The highest BCUT2D eigenvalue weighted by atomic mass is 16.3. The Morgan fingerprint density at radius 2 is 2.00 bits per heavy atom. The molecule has 1 unspecified atom stereocenters. The second-order valence-electron chi connectivity index (χ2n) is 5.28. The van der Waals surface area contributed by atoms with Gasteiger partial charge in [-0.1, -0.05) is 25.5 Å². The summed E-state index contributed by atoms with van der Waals surface area (Å²) in [5, 5.41) is 19.0. The average molecular weight is 287 g/mol. The van der Waals surface area contributed by atoms with Crippen LogP contribution in [0.25, 0.3) is 0 Å². The Balaban J connectivity index is 1.97. The van der Waals surface area contributed by atoms with E-state index in [1.165, 1.54) is 6.07 Å². The number of nitriles is 1. The molecule has 1 atom stereocenters. The standard InChI is InChI=1S/C16H21N3O2/c1-2-5-13(12-17)18-8-10-19(11-9-18)16(21)14-6-3-4-7-15(14)20/h3-4,6-7,13,20H,2,5,8-11H2,1H3. The highest BCUT2D eigenvalue weighted by Gasteiger charge is 2.26. The molecule has 1 fully saturated rings.